The average molecular weight is 295 g/mol. The Kier molecular flexibility index (Phi) is 4.69. The van der Waals surface area contributed by atoms with Crippen LogP contribution in [0.1, 0.15) is 24.6 Å². The molecule has 8 nitrogen and oxygen atoms in total. The van der Waals surface area contributed by atoms with Gasteiger partial charge in [0.25, 0.3) is 5.89 Å². The van der Waals surface area contributed by atoms with Gasteiger partial charge in [-0.2, -0.15) is 4.98 Å². The van der Waals surface area contributed by atoms with Gasteiger partial charge in [0.2, 0.25) is 0 Å². The summed E-state index contributed by atoms with van der Waals surface area (Å²) in [5.41, 5.74) is 1.47. The molecule has 3 fully saturated rings. The van der Waals surface area contributed by atoms with Crippen molar-refractivity contribution >= 4 is 18.0 Å². The number of piperidine rings is 3. The maximum Gasteiger partial charge on any atom is 0.414 e. The summed E-state index contributed by atoms with van der Waals surface area (Å²) in [6.07, 6.45) is 4.66. The van der Waals surface area contributed by atoms with Gasteiger partial charge in [-0.1, -0.05) is 5.16 Å². The minimum Gasteiger partial charge on any atom is -0.473 e. The van der Waals surface area contributed by atoms with Crippen LogP contribution in [0.15, 0.2) is 10.1 Å². The monoisotopic (exact) mass is 295 g/mol. The lowest BCUT2D eigenvalue weighted by atomic mass is 9.83. The van der Waals surface area contributed by atoms with Crippen LogP contribution in [-0.4, -0.2) is 56.8 Å². The Labute approximate surface area is 121 Å². The lowest BCUT2D eigenvalue weighted by Gasteiger charge is -2.40. The van der Waals surface area contributed by atoms with Crippen molar-refractivity contribution in [1.29, 1.82) is 0 Å². The first-order valence-corrected chi connectivity index (χ1v) is 6.65. The zero-order valence-electron chi connectivity index (χ0n) is 11.7. The van der Waals surface area contributed by atoms with Crippen molar-refractivity contribution in [2.75, 3.05) is 19.6 Å². The Balaban J connectivity index is 0.000000232. The fraction of sp³-hybridized carbons (Fsp3) is 0.538. The standard InChI is InChI=1S/C11H15N3O.C2H2O4/c1-8-12-11(15-13-8)6-10-7-14-4-2-9(10)3-5-14;3-1(4)2(5)6/h6,9H,2-5,7H2,1H3;(H,3,4)(H,5,6)/b10-6+;. The first kappa shape index (κ1) is 15.2. The molecule has 0 spiro atoms. The summed E-state index contributed by atoms with van der Waals surface area (Å²) >= 11 is 0. The van der Waals surface area contributed by atoms with E-state index in [1.807, 2.05) is 6.92 Å². The first-order chi connectivity index (χ1) is 9.95. The Bertz CT molecular complexity index is 546. The number of carboxylic acid groups (broad SMARTS) is 2. The van der Waals surface area contributed by atoms with Gasteiger partial charge in [0.05, 0.1) is 0 Å². The van der Waals surface area contributed by atoms with E-state index in [1.54, 1.807) is 0 Å². The Morgan fingerprint density at radius 1 is 1.29 bits per heavy atom. The molecule has 0 radical (unpaired) electrons. The van der Waals surface area contributed by atoms with E-state index >= 15 is 0 Å². The van der Waals surface area contributed by atoms with Crippen molar-refractivity contribution in [3.63, 3.8) is 0 Å². The van der Waals surface area contributed by atoms with Crippen LogP contribution in [0.25, 0.3) is 6.08 Å². The van der Waals surface area contributed by atoms with Gasteiger partial charge in [-0.05, 0) is 44.3 Å². The summed E-state index contributed by atoms with van der Waals surface area (Å²) in [5, 5.41) is 18.6. The maximum atomic E-state index is 9.10. The second-order valence-corrected chi connectivity index (χ2v) is 5.06. The van der Waals surface area contributed by atoms with Crippen LogP contribution in [0.5, 0.6) is 0 Å². The Morgan fingerprint density at radius 2 is 1.90 bits per heavy atom. The van der Waals surface area contributed by atoms with Crippen molar-refractivity contribution in [3.05, 3.63) is 17.3 Å². The van der Waals surface area contributed by atoms with Crippen LogP contribution >= 0.6 is 0 Å². The minimum atomic E-state index is -1.82. The van der Waals surface area contributed by atoms with E-state index < -0.39 is 11.9 Å². The van der Waals surface area contributed by atoms with Gasteiger partial charge in [-0.15, -0.1) is 0 Å². The van der Waals surface area contributed by atoms with Gasteiger partial charge in [0.1, 0.15) is 0 Å². The summed E-state index contributed by atoms with van der Waals surface area (Å²) in [5.74, 6) is -1.52. The van der Waals surface area contributed by atoms with E-state index in [4.69, 9.17) is 24.3 Å². The predicted molar refractivity (Wildman–Crippen MR) is 71.4 cm³/mol. The zero-order valence-corrected chi connectivity index (χ0v) is 11.7. The fourth-order valence-corrected chi connectivity index (χ4v) is 2.54. The molecule has 0 unspecified atom stereocenters. The van der Waals surface area contributed by atoms with Crippen molar-refractivity contribution in [3.8, 4) is 0 Å². The third-order valence-corrected chi connectivity index (χ3v) is 3.55. The lowest BCUT2D eigenvalue weighted by Crippen LogP contribution is -2.42. The maximum absolute atomic E-state index is 9.10. The van der Waals surface area contributed by atoms with Crippen molar-refractivity contribution < 1.29 is 24.3 Å². The molecule has 114 valence electrons. The van der Waals surface area contributed by atoms with E-state index in [2.05, 4.69) is 21.1 Å². The molecule has 2 bridgehead atoms. The first-order valence-electron chi connectivity index (χ1n) is 6.65. The van der Waals surface area contributed by atoms with E-state index in [9.17, 15) is 0 Å². The van der Waals surface area contributed by atoms with Gasteiger partial charge in [0.15, 0.2) is 5.82 Å². The van der Waals surface area contributed by atoms with Gasteiger partial charge in [0, 0.05) is 12.6 Å². The van der Waals surface area contributed by atoms with Gasteiger partial charge < -0.3 is 14.7 Å². The lowest BCUT2D eigenvalue weighted by molar-refractivity contribution is -0.159. The molecule has 21 heavy (non-hydrogen) atoms. The molecule has 4 heterocycles. The van der Waals surface area contributed by atoms with Crippen molar-refractivity contribution in [1.82, 2.24) is 15.0 Å². The molecule has 2 N–H and O–H groups in total. The molecule has 3 aliphatic heterocycles. The molecule has 0 saturated carbocycles. The van der Waals surface area contributed by atoms with E-state index in [0.29, 0.717) is 11.7 Å². The molecule has 3 saturated heterocycles. The number of hydrogen-bond acceptors (Lipinski definition) is 6. The second kappa shape index (κ2) is 6.49. The highest BCUT2D eigenvalue weighted by Crippen LogP contribution is 2.32. The van der Waals surface area contributed by atoms with Crippen molar-refractivity contribution in [2.45, 2.75) is 19.8 Å². The highest BCUT2D eigenvalue weighted by Gasteiger charge is 2.29. The topological polar surface area (TPSA) is 117 Å². The molecular formula is C13H17N3O5. The van der Waals surface area contributed by atoms with Crippen LogP contribution in [0.2, 0.25) is 0 Å². The number of aryl methyl sites for hydroxylation is 1. The smallest absolute Gasteiger partial charge is 0.414 e. The summed E-state index contributed by atoms with van der Waals surface area (Å²) < 4.78 is 5.12. The van der Waals surface area contributed by atoms with Crippen LogP contribution < -0.4 is 0 Å². The van der Waals surface area contributed by atoms with Gasteiger partial charge in [-0.3, -0.25) is 4.90 Å². The Morgan fingerprint density at radius 3 is 2.29 bits per heavy atom. The number of aliphatic carboxylic acids is 2. The highest BCUT2D eigenvalue weighted by molar-refractivity contribution is 6.27. The third-order valence-electron chi connectivity index (χ3n) is 3.55. The molecule has 8 heteroatoms. The fourth-order valence-electron chi connectivity index (χ4n) is 2.54. The van der Waals surface area contributed by atoms with Crippen LogP contribution in [0, 0.1) is 12.8 Å². The van der Waals surface area contributed by atoms with Crippen LogP contribution in [0.3, 0.4) is 0 Å². The molecule has 0 atom stereocenters. The quantitative estimate of drug-likeness (QED) is 0.725. The summed E-state index contributed by atoms with van der Waals surface area (Å²) in [6, 6.07) is 0. The number of carbonyl (C=O) groups is 2. The summed E-state index contributed by atoms with van der Waals surface area (Å²) in [7, 11) is 0. The Hall–Kier alpha value is -2.22. The largest absolute Gasteiger partial charge is 0.473 e. The minimum absolute atomic E-state index is 0.663. The number of rotatable bonds is 1. The van der Waals surface area contributed by atoms with Crippen LogP contribution in [0.4, 0.5) is 0 Å². The molecule has 4 rings (SSSR count). The number of nitrogens with zero attached hydrogens (tertiary/aromatic N) is 3. The number of fused-ring (bicyclic) bond motifs is 3. The number of hydrogen-bond donors (Lipinski definition) is 2. The SMILES string of the molecule is Cc1noc(/C=C2\CN3CCC2CC3)n1.O=C(O)C(=O)O. The van der Waals surface area contributed by atoms with Crippen LogP contribution in [-0.2, 0) is 9.59 Å². The number of carboxylic acids is 2. The van der Waals surface area contributed by atoms with E-state index in [0.717, 1.165) is 12.5 Å². The van der Waals surface area contributed by atoms with Crippen molar-refractivity contribution in [2.24, 2.45) is 5.92 Å². The molecule has 0 amide bonds. The van der Waals surface area contributed by atoms with Gasteiger partial charge >= 0.3 is 11.9 Å². The average Bonchev–Trinajstić information content (AvgIpc) is 2.86. The van der Waals surface area contributed by atoms with E-state index in [-0.39, 0.29) is 0 Å². The third kappa shape index (κ3) is 4.12. The molecule has 3 aliphatic rings. The summed E-state index contributed by atoms with van der Waals surface area (Å²) in [6.45, 7) is 5.45. The molecule has 0 aliphatic carbocycles. The highest BCUT2D eigenvalue weighted by atomic mass is 16.5. The molecule has 0 aromatic carbocycles. The van der Waals surface area contributed by atoms with Gasteiger partial charge in [-0.25, -0.2) is 9.59 Å². The summed E-state index contributed by atoms with van der Waals surface area (Å²) in [4.78, 5) is 24.9. The molecule has 1 aromatic heterocycles. The normalized spacial score (nSPS) is 25.3. The predicted octanol–water partition coefficient (Wildman–Crippen LogP) is 0.643. The zero-order chi connectivity index (χ0) is 15.4. The van der Waals surface area contributed by atoms with E-state index in [1.165, 1.54) is 31.5 Å². The number of aromatic nitrogens is 2. The second-order valence-electron chi connectivity index (χ2n) is 5.06. The molecular weight excluding hydrogens is 278 g/mol. The molecule has 1 aromatic rings.